The van der Waals surface area contributed by atoms with Gasteiger partial charge in [0.15, 0.2) is 0 Å². The van der Waals surface area contributed by atoms with E-state index >= 15 is 0 Å². The molecule has 4 aliphatic rings. The van der Waals surface area contributed by atoms with Crippen LogP contribution in [0.4, 0.5) is 0 Å². The van der Waals surface area contributed by atoms with Gasteiger partial charge >= 0.3 is 0 Å². The normalized spacial score (nSPS) is 31.0. The lowest BCUT2D eigenvalue weighted by molar-refractivity contribution is -0.136. The number of carbonyl (C=O) groups excluding carboxylic acids is 4. The molecule has 4 atom stereocenters. The van der Waals surface area contributed by atoms with E-state index in [9.17, 15) is 19.2 Å². The van der Waals surface area contributed by atoms with Gasteiger partial charge in [-0.1, -0.05) is 12.5 Å². The number of piperidine rings is 1. The lowest BCUT2D eigenvalue weighted by Gasteiger charge is -2.27. The molecule has 0 aromatic heterocycles. The molecule has 0 saturated carbocycles. The molecular formula is C22H26N4O4. The number of imide groups is 2. The van der Waals surface area contributed by atoms with Crippen molar-refractivity contribution >= 4 is 23.6 Å². The zero-order chi connectivity index (χ0) is 20.8. The number of carbonyl (C=O) groups is 4. The molecule has 2 bridgehead atoms. The molecule has 3 N–H and O–H groups in total. The van der Waals surface area contributed by atoms with Gasteiger partial charge in [0, 0.05) is 31.1 Å². The Morgan fingerprint density at radius 1 is 0.967 bits per heavy atom. The number of amides is 4. The molecule has 0 radical (unpaired) electrons. The summed E-state index contributed by atoms with van der Waals surface area (Å²) in [6, 6.07) is 5.94. The van der Waals surface area contributed by atoms with E-state index in [4.69, 9.17) is 0 Å². The highest BCUT2D eigenvalue weighted by atomic mass is 16.2. The molecule has 4 heterocycles. The van der Waals surface area contributed by atoms with Crippen LogP contribution in [0.3, 0.4) is 0 Å². The van der Waals surface area contributed by atoms with Crippen molar-refractivity contribution in [3.63, 3.8) is 0 Å². The van der Waals surface area contributed by atoms with Crippen molar-refractivity contribution < 1.29 is 19.2 Å². The van der Waals surface area contributed by atoms with Crippen LogP contribution in [-0.4, -0.2) is 52.7 Å². The Morgan fingerprint density at radius 2 is 1.80 bits per heavy atom. The second kappa shape index (κ2) is 7.59. The summed E-state index contributed by atoms with van der Waals surface area (Å²) < 4.78 is 0. The summed E-state index contributed by atoms with van der Waals surface area (Å²) >= 11 is 0. The smallest absolute Gasteiger partial charge is 0.262 e. The van der Waals surface area contributed by atoms with E-state index in [1.807, 2.05) is 6.07 Å². The fraction of sp³-hybridized carbons (Fsp3) is 0.545. The van der Waals surface area contributed by atoms with Gasteiger partial charge in [-0.15, -0.1) is 0 Å². The van der Waals surface area contributed by atoms with E-state index in [0.29, 0.717) is 35.8 Å². The Kier molecular flexibility index (Phi) is 4.91. The Morgan fingerprint density at radius 3 is 2.63 bits per heavy atom. The third-order valence-corrected chi connectivity index (χ3v) is 6.90. The first-order valence-corrected chi connectivity index (χ1v) is 10.8. The van der Waals surface area contributed by atoms with Crippen LogP contribution < -0.4 is 16.0 Å². The van der Waals surface area contributed by atoms with Gasteiger partial charge in [0.1, 0.15) is 6.04 Å². The molecule has 8 heteroatoms. The molecule has 8 nitrogen and oxygen atoms in total. The maximum Gasteiger partial charge on any atom is 0.262 e. The van der Waals surface area contributed by atoms with Crippen LogP contribution in [0.15, 0.2) is 18.2 Å². The minimum Gasteiger partial charge on any atom is -0.310 e. The maximum atomic E-state index is 13.0. The van der Waals surface area contributed by atoms with Crippen molar-refractivity contribution in [3.05, 3.63) is 34.9 Å². The molecule has 30 heavy (non-hydrogen) atoms. The lowest BCUT2D eigenvalue weighted by atomic mass is 9.96. The van der Waals surface area contributed by atoms with Crippen molar-refractivity contribution in [2.45, 2.75) is 75.7 Å². The second-order valence-corrected chi connectivity index (χ2v) is 8.79. The quantitative estimate of drug-likeness (QED) is 0.636. The Hall–Kier alpha value is -2.58. The average Bonchev–Trinajstić information content (AvgIpc) is 3.20. The maximum absolute atomic E-state index is 13.0. The number of nitrogens with zero attached hydrogens (tertiary/aromatic N) is 1. The highest BCUT2D eigenvalue weighted by Crippen LogP contribution is 2.29. The first-order valence-electron chi connectivity index (χ1n) is 10.8. The largest absolute Gasteiger partial charge is 0.310 e. The molecule has 1 aromatic rings. The molecule has 158 valence electrons. The highest BCUT2D eigenvalue weighted by molar-refractivity contribution is 6.23. The number of fused-ring (bicyclic) bond motifs is 3. The Balaban J connectivity index is 1.30. The Bertz CT molecular complexity index is 930. The summed E-state index contributed by atoms with van der Waals surface area (Å²) in [5.41, 5.74) is 1.60. The standard InChI is InChI=1S/C22H26N4O4/c27-19-9-8-18(20(28)25-19)26-21(29)14-6-4-12(10-15(14)22(26)30)11-23-16-3-1-2-13-5-7-17(16)24-13/h4,6,10,13,16-18,23-24H,1-3,5,7-9,11H2,(H,25,27,28). The van der Waals surface area contributed by atoms with Crippen LogP contribution in [0.5, 0.6) is 0 Å². The molecule has 3 saturated heterocycles. The highest BCUT2D eigenvalue weighted by Gasteiger charge is 2.44. The first-order chi connectivity index (χ1) is 14.5. The zero-order valence-corrected chi connectivity index (χ0v) is 16.8. The topological polar surface area (TPSA) is 108 Å². The van der Waals surface area contributed by atoms with Gasteiger partial charge in [-0.25, -0.2) is 0 Å². The molecular weight excluding hydrogens is 384 g/mol. The van der Waals surface area contributed by atoms with E-state index in [0.717, 1.165) is 16.9 Å². The molecule has 0 spiro atoms. The number of nitrogens with one attached hydrogen (secondary N) is 3. The van der Waals surface area contributed by atoms with Crippen LogP contribution in [0.1, 0.15) is 71.2 Å². The number of hydrogen-bond acceptors (Lipinski definition) is 6. The molecule has 4 amide bonds. The van der Waals surface area contributed by atoms with Crippen molar-refractivity contribution in [1.29, 1.82) is 0 Å². The van der Waals surface area contributed by atoms with E-state index in [1.165, 1.54) is 25.7 Å². The molecule has 4 unspecified atom stereocenters. The van der Waals surface area contributed by atoms with Gasteiger partial charge in [0.05, 0.1) is 11.1 Å². The molecule has 5 rings (SSSR count). The van der Waals surface area contributed by atoms with Gasteiger partial charge in [0.2, 0.25) is 11.8 Å². The van der Waals surface area contributed by atoms with Crippen molar-refractivity contribution in [3.8, 4) is 0 Å². The monoisotopic (exact) mass is 410 g/mol. The minimum absolute atomic E-state index is 0.121. The third-order valence-electron chi connectivity index (χ3n) is 6.90. The number of hydrogen-bond donors (Lipinski definition) is 3. The average molecular weight is 410 g/mol. The predicted molar refractivity (Wildman–Crippen MR) is 108 cm³/mol. The molecule has 4 aliphatic heterocycles. The predicted octanol–water partition coefficient (Wildman–Crippen LogP) is 0.851. The van der Waals surface area contributed by atoms with Crippen molar-refractivity contribution in [1.82, 2.24) is 20.9 Å². The van der Waals surface area contributed by atoms with E-state index in [2.05, 4.69) is 16.0 Å². The van der Waals surface area contributed by atoms with Crippen molar-refractivity contribution in [2.75, 3.05) is 0 Å². The first kappa shape index (κ1) is 19.4. The summed E-state index contributed by atoms with van der Waals surface area (Å²) in [7, 11) is 0. The van der Waals surface area contributed by atoms with Crippen LogP contribution in [-0.2, 0) is 16.1 Å². The van der Waals surface area contributed by atoms with Crippen LogP contribution in [0, 0.1) is 0 Å². The van der Waals surface area contributed by atoms with Gasteiger partial charge < -0.3 is 10.6 Å². The van der Waals surface area contributed by atoms with Gasteiger partial charge in [-0.2, -0.15) is 0 Å². The van der Waals surface area contributed by atoms with Crippen LogP contribution >= 0.6 is 0 Å². The number of rotatable bonds is 4. The van der Waals surface area contributed by atoms with E-state index < -0.39 is 23.8 Å². The third kappa shape index (κ3) is 3.33. The summed E-state index contributed by atoms with van der Waals surface area (Å²) in [5.74, 6) is -1.88. The summed E-state index contributed by atoms with van der Waals surface area (Å²) in [5, 5.41) is 9.57. The summed E-state index contributed by atoms with van der Waals surface area (Å²) in [6.07, 6.45) is 6.32. The van der Waals surface area contributed by atoms with Crippen LogP contribution in [0.2, 0.25) is 0 Å². The second-order valence-electron chi connectivity index (χ2n) is 8.79. The van der Waals surface area contributed by atoms with Crippen LogP contribution in [0.25, 0.3) is 0 Å². The lowest BCUT2D eigenvalue weighted by Crippen LogP contribution is -2.54. The van der Waals surface area contributed by atoms with Crippen molar-refractivity contribution in [2.24, 2.45) is 0 Å². The van der Waals surface area contributed by atoms with Gasteiger partial charge in [-0.05, 0) is 49.8 Å². The fourth-order valence-electron chi connectivity index (χ4n) is 5.30. The van der Waals surface area contributed by atoms with E-state index in [-0.39, 0.29) is 18.7 Å². The number of benzene rings is 1. The summed E-state index contributed by atoms with van der Waals surface area (Å²) in [4.78, 5) is 50.3. The zero-order valence-electron chi connectivity index (χ0n) is 16.8. The summed E-state index contributed by atoms with van der Waals surface area (Å²) in [6.45, 7) is 0.626. The molecule has 3 fully saturated rings. The van der Waals surface area contributed by atoms with Gasteiger partial charge in [-0.3, -0.25) is 29.4 Å². The molecule has 0 aliphatic carbocycles. The SMILES string of the molecule is O=C1CCC(N2C(=O)c3ccc(CNC4CCCC5CCC4N5)cc3C2=O)C(=O)N1. The Labute approximate surface area is 174 Å². The van der Waals surface area contributed by atoms with Gasteiger partial charge in [0.25, 0.3) is 11.8 Å². The fourth-order valence-corrected chi connectivity index (χ4v) is 5.30. The molecule has 1 aromatic carbocycles. The minimum atomic E-state index is -0.927. The van der Waals surface area contributed by atoms with E-state index in [1.54, 1.807) is 12.1 Å².